The minimum Gasteiger partial charge on any atom is -0.383 e. The van der Waals surface area contributed by atoms with Crippen LogP contribution < -0.4 is 10.2 Å². The summed E-state index contributed by atoms with van der Waals surface area (Å²) in [5.41, 5.74) is 1.80. The average molecular weight is 298 g/mol. The zero-order chi connectivity index (χ0) is 14.4. The van der Waals surface area contributed by atoms with Crippen molar-refractivity contribution in [2.75, 3.05) is 44.0 Å². The van der Waals surface area contributed by atoms with Gasteiger partial charge in [0.05, 0.1) is 12.3 Å². The summed E-state index contributed by atoms with van der Waals surface area (Å²) >= 11 is 1.96. The normalized spacial score (nSPS) is 19.4. The van der Waals surface area contributed by atoms with Crippen molar-refractivity contribution in [2.45, 2.75) is 18.7 Å². The Morgan fingerprint density at radius 3 is 3.10 bits per heavy atom. The molecule has 1 aliphatic heterocycles. The second-order valence-electron chi connectivity index (χ2n) is 5.04. The van der Waals surface area contributed by atoms with Crippen LogP contribution >= 0.6 is 11.8 Å². The highest BCUT2D eigenvalue weighted by atomic mass is 32.2. The van der Waals surface area contributed by atoms with E-state index in [1.54, 1.807) is 19.2 Å². The number of nitrogens with zero attached hydrogens (tertiary/aromatic N) is 1. The fourth-order valence-corrected chi connectivity index (χ4v) is 3.49. The van der Waals surface area contributed by atoms with Gasteiger partial charge in [-0.25, -0.2) is 4.39 Å². The maximum absolute atomic E-state index is 14.2. The van der Waals surface area contributed by atoms with Crippen LogP contribution in [0.5, 0.6) is 0 Å². The number of rotatable bonds is 6. The number of ether oxygens (including phenoxy) is 1. The third-order valence-electron chi connectivity index (χ3n) is 3.43. The van der Waals surface area contributed by atoms with E-state index in [1.165, 1.54) is 0 Å². The molecule has 1 heterocycles. The van der Waals surface area contributed by atoms with Gasteiger partial charge >= 0.3 is 0 Å². The summed E-state index contributed by atoms with van der Waals surface area (Å²) in [5.74, 6) is 0.946. The van der Waals surface area contributed by atoms with Gasteiger partial charge in [-0.15, -0.1) is 0 Å². The highest BCUT2D eigenvalue weighted by molar-refractivity contribution is 8.00. The molecule has 1 saturated heterocycles. The van der Waals surface area contributed by atoms with Crippen LogP contribution in [-0.4, -0.2) is 44.4 Å². The van der Waals surface area contributed by atoms with E-state index in [9.17, 15) is 4.39 Å². The maximum atomic E-state index is 14.2. The van der Waals surface area contributed by atoms with Gasteiger partial charge < -0.3 is 15.0 Å². The van der Waals surface area contributed by atoms with Crippen molar-refractivity contribution < 1.29 is 9.13 Å². The van der Waals surface area contributed by atoms with Crippen LogP contribution in [0.3, 0.4) is 0 Å². The van der Waals surface area contributed by atoms with E-state index in [4.69, 9.17) is 4.74 Å². The van der Waals surface area contributed by atoms with Gasteiger partial charge in [-0.3, -0.25) is 0 Å². The molecule has 1 unspecified atom stereocenters. The molecule has 0 spiro atoms. The molecule has 0 amide bonds. The molecule has 1 atom stereocenters. The van der Waals surface area contributed by atoms with Gasteiger partial charge in [-0.05, 0) is 11.6 Å². The van der Waals surface area contributed by atoms with Crippen LogP contribution in [-0.2, 0) is 11.3 Å². The van der Waals surface area contributed by atoms with E-state index in [2.05, 4.69) is 17.1 Å². The van der Waals surface area contributed by atoms with Crippen LogP contribution in [0.4, 0.5) is 10.1 Å². The fourth-order valence-electron chi connectivity index (χ4n) is 2.48. The van der Waals surface area contributed by atoms with Gasteiger partial charge in [0.2, 0.25) is 0 Å². The highest BCUT2D eigenvalue weighted by Gasteiger charge is 2.21. The minimum atomic E-state index is -0.116. The summed E-state index contributed by atoms with van der Waals surface area (Å²) in [4.78, 5) is 2.18. The Balaban J connectivity index is 2.09. The molecule has 0 aliphatic carbocycles. The lowest BCUT2D eigenvalue weighted by atomic mass is 10.1. The van der Waals surface area contributed by atoms with Crippen molar-refractivity contribution in [3.05, 3.63) is 29.6 Å². The predicted molar refractivity (Wildman–Crippen MR) is 84.1 cm³/mol. The lowest BCUT2D eigenvalue weighted by molar-refractivity contribution is 0.199. The van der Waals surface area contributed by atoms with Crippen molar-refractivity contribution >= 4 is 17.4 Å². The van der Waals surface area contributed by atoms with E-state index in [0.29, 0.717) is 18.4 Å². The Kier molecular flexibility index (Phi) is 6.13. The first-order valence-corrected chi connectivity index (χ1v) is 8.11. The number of halogens is 1. The Morgan fingerprint density at radius 1 is 1.50 bits per heavy atom. The molecule has 5 heteroatoms. The number of thioether (sulfide) groups is 1. The quantitative estimate of drug-likeness (QED) is 0.816. The average Bonchev–Trinajstić information content (AvgIpc) is 2.44. The molecule has 0 aromatic heterocycles. The van der Waals surface area contributed by atoms with Crippen molar-refractivity contribution in [1.82, 2.24) is 5.32 Å². The topological polar surface area (TPSA) is 24.5 Å². The number of methoxy groups -OCH3 is 1. The molecule has 1 aromatic carbocycles. The zero-order valence-electron chi connectivity index (χ0n) is 12.2. The number of nitrogens with one attached hydrogen (secondary N) is 1. The van der Waals surface area contributed by atoms with Crippen LogP contribution in [0.2, 0.25) is 0 Å². The van der Waals surface area contributed by atoms with Crippen LogP contribution in [0.15, 0.2) is 18.2 Å². The van der Waals surface area contributed by atoms with Crippen molar-refractivity contribution in [2.24, 2.45) is 0 Å². The molecule has 1 N–H and O–H groups in total. The second kappa shape index (κ2) is 7.86. The molecular formula is C15H23FN2OS. The molecule has 0 radical (unpaired) electrons. The summed E-state index contributed by atoms with van der Waals surface area (Å²) in [6, 6.07) is 5.35. The summed E-state index contributed by atoms with van der Waals surface area (Å²) in [6.07, 6.45) is 0. The first kappa shape index (κ1) is 15.6. The largest absolute Gasteiger partial charge is 0.383 e. The van der Waals surface area contributed by atoms with E-state index >= 15 is 0 Å². The minimum absolute atomic E-state index is 0.116. The molecule has 1 aliphatic rings. The Hall–Kier alpha value is -0.780. The number of para-hydroxylation sites is 1. The van der Waals surface area contributed by atoms with E-state index in [-0.39, 0.29) is 5.82 Å². The first-order valence-electron chi connectivity index (χ1n) is 7.06. The lowest BCUT2D eigenvalue weighted by Crippen LogP contribution is -2.38. The Labute approximate surface area is 124 Å². The van der Waals surface area contributed by atoms with Gasteiger partial charge in [0, 0.05) is 44.3 Å². The van der Waals surface area contributed by atoms with Gasteiger partial charge in [0.1, 0.15) is 5.82 Å². The molecule has 1 aromatic rings. The lowest BCUT2D eigenvalue weighted by Gasteiger charge is -2.34. The number of hydrogen-bond acceptors (Lipinski definition) is 4. The molecule has 0 bridgehead atoms. The Bertz CT molecular complexity index is 430. The smallest absolute Gasteiger partial charge is 0.146 e. The SMILES string of the molecule is COCCNCc1cccc(F)c1N1CCSC(C)C1. The van der Waals surface area contributed by atoms with E-state index in [1.807, 2.05) is 17.8 Å². The first-order chi connectivity index (χ1) is 9.72. The number of hydrogen-bond donors (Lipinski definition) is 1. The van der Waals surface area contributed by atoms with E-state index < -0.39 is 0 Å². The third-order valence-corrected chi connectivity index (χ3v) is 4.56. The molecule has 3 nitrogen and oxygen atoms in total. The summed E-state index contributed by atoms with van der Waals surface area (Å²) < 4.78 is 19.3. The van der Waals surface area contributed by atoms with Crippen LogP contribution in [0, 0.1) is 5.82 Å². The van der Waals surface area contributed by atoms with Crippen molar-refractivity contribution in [1.29, 1.82) is 0 Å². The molecule has 1 fully saturated rings. The number of benzene rings is 1. The molecule has 112 valence electrons. The monoisotopic (exact) mass is 298 g/mol. The van der Waals surface area contributed by atoms with Gasteiger partial charge in [0.15, 0.2) is 0 Å². The molecule has 0 saturated carbocycles. The summed E-state index contributed by atoms with van der Waals surface area (Å²) in [7, 11) is 1.68. The van der Waals surface area contributed by atoms with Crippen LogP contribution in [0.25, 0.3) is 0 Å². The maximum Gasteiger partial charge on any atom is 0.146 e. The summed E-state index contributed by atoms with van der Waals surface area (Å²) in [5, 5.41) is 3.85. The van der Waals surface area contributed by atoms with Crippen molar-refractivity contribution in [3.63, 3.8) is 0 Å². The molecule has 20 heavy (non-hydrogen) atoms. The zero-order valence-corrected chi connectivity index (χ0v) is 13.0. The fraction of sp³-hybridized carbons (Fsp3) is 0.600. The Morgan fingerprint density at radius 2 is 2.35 bits per heavy atom. The van der Waals surface area contributed by atoms with Crippen molar-refractivity contribution in [3.8, 4) is 0 Å². The third kappa shape index (κ3) is 4.11. The van der Waals surface area contributed by atoms with E-state index in [0.717, 1.165) is 36.6 Å². The second-order valence-corrected chi connectivity index (χ2v) is 6.59. The van der Waals surface area contributed by atoms with Gasteiger partial charge in [0.25, 0.3) is 0 Å². The highest BCUT2D eigenvalue weighted by Crippen LogP contribution is 2.29. The van der Waals surface area contributed by atoms with Crippen LogP contribution in [0.1, 0.15) is 12.5 Å². The van der Waals surface area contributed by atoms with Gasteiger partial charge in [-0.2, -0.15) is 11.8 Å². The predicted octanol–water partition coefficient (Wildman–Crippen LogP) is 2.50. The van der Waals surface area contributed by atoms with Gasteiger partial charge in [-0.1, -0.05) is 19.1 Å². The standard InChI is InChI=1S/C15H23FN2OS/c1-12-11-18(7-9-20-12)15-13(4-3-5-14(15)16)10-17-6-8-19-2/h3-5,12,17H,6-11H2,1-2H3. The number of anilines is 1. The molecular weight excluding hydrogens is 275 g/mol. The molecule has 2 rings (SSSR count). The summed E-state index contributed by atoms with van der Waals surface area (Å²) in [6.45, 7) is 6.15.